The number of carbonyl (C=O) groups excluding carboxylic acids is 1. The monoisotopic (exact) mass is 277 g/mol. The Morgan fingerprint density at radius 1 is 1.16 bits per heavy atom. The van der Waals surface area contributed by atoms with E-state index in [1.54, 1.807) is 36.4 Å². The largest absolute Gasteiger partial charge is 0.326 e. The van der Waals surface area contributed by atoms with E-state index in [0.29, 0.717) is 17.7 Å². The van der Waals surface area contributed by atoms with Gasteiger partial charge in [-0.05, 0) is 17.2 Å². The lowest BCUT2D eigenvalue weighted by atomic mass is 10.0. The van der Waals surface area contributed by atoms with Crippen LogP contribution in [0.15, 0.2) is 42.5 Å². The van der Waals surface area contributed by atoms with Crippen molar-refractivity contribution >= 4 is 17.4 Å². The molecule has 0 amide bonds. The highest BCUT2D eigenvalue weighted by Crippen LogP contribution is 2.21. The maximum Gasteiger partial charge on any atom is 0.167 e. The number of halogens is 2. The summed E-state index contributed by atoms with van der Waals surface area (Å²) in [5.74, 6) is -0.610. The Morgan fingerprint density at radius 2 is 1.84 bits per heavy atom. The van der Waals surface area contributed by atoms with Crippen LogP contribution in [-0.4, -0.2) is 5.78 Å². The van der Waals surface area contributed by atoms with Crippen molar-refractivity contribution in [3.63, 3.8) is 0 Å². The summed E-state index contributed by atoms with van der Waals surface area (Å²) < 4.78 is 13.3. The number of rotatable bonds is 4. The lowest BCUT2D eigenvalue weighted by Gasteiger charge is -2.05. The number of hydrogen-bond acceptors (Lipinski definition) is 2. The fraction of sp³-hybridized carbons (Fsp3) is 0.133. The average molecular weight is 278 g/mol. The number of carbonyl (C=O) groups is 1. The molecule has 0 atom stereocenters. The lowest BCUT2D eigenvalue weighted by Crippen LogP contribution is -2.05. The summed E-state index contributed by atoms with van der Waals surface area (Å²) in [6.45, 7) is 0.435. The minimum absolute atomic E-state index is 0.00873. The summed E-state index contributed by atoms with van der Waals surface area (Å²) in [5.41, 5.74) is 7.51. The molecule has 0 saturated carbocycles. The fourth-order valence-electron chi connectivity index (χ4n) is 1.79. The van der Waals surface area contributed by atoms with E-state index in [1.165, 1.54) is 6.07 Å². The zero-order valence-corrected chi connectivity index (χ0v) is 11.0. The molecule has 98 valence electrons. The predicted molar refractivity (Wildman–Crippen MR) is 73.8 cm³/mol. The van der Waals surface area contributed by atoms with E-state index in [0.717, 1.165) is 5.56 Å². The minimum atomic E-state index is -0.509. The second-order valence-corrected chi connectivity index (χ2v) is 4.59. The maximum absolute atomic E-state index is 13.3. The van der Waals surface area contributed by atoms with Crippen LogP contribution >= 0.6 is 11.6 Å². The molecule has 0 unspecified atom stereocenters. The van der Waals surface area contributed by atoms with Gasteiger partial charge in [0.1, 0.15) is 5.82 Å². The van der Waals surface area contributed by atoms with E-state index in [4.69, 9.17) is 17.3 Å². The van der Waals surface area contributed by atoms with Gasteiger partial charge in [-0.15, -0.1) is 0 Å². The molecule has 2 nitrogen and oxygen atoms in total. The smallest absolute Gasteiger partial charge is 0.167 e. The molecule has 4 heteroatoms. The van der Waals surface area contributed by atoms with Crippen LogP contribution in [0.5, 0.6) is 0 Å². The molecule has 0 radical (unpaired) electrons. The number of ketones is 1. The quantitative estimate of drug-likeness (QED) is 0.871. The molecule has 2 aromatic rings. The first-order valence-corrected chi connectivity index (χ1v) is 6.24. The van der Waals surface area contributed by atoms with Gasteiger partial charge < -0.3 is 5.73 Å². The Morgan fingerprint density at radius 3 is 2.47 bits per heavy atom. The molecule has 0 heterocycles. The highest BCUT2D eigenvalue weighted by Gasteiger charge is 2.11. The van der Waals surface area contributed by atoms with Crippen molar-refractivity contribution < 1.29 is 9.18 Å². The lowest BCUT2D eigenvalue weighted by molar-refractivity contribution is 0.0993. The number of nitrogens with two attached hydrogens (primary N) is 1. The van der Waals surface area contributed by atoms with Crippen molar-refractivity contribution in [3.05, 3.63) is 70.0 Å². The van der Waals surface area contributed by atoms with Crippen molar-refractivity contribution in [2.24, 2.45) is 5.73 Å². The van der Waals surface area contributed by atoms with E-state index in [-0.39, 0.29) is 17.2 Å². The summed E-state index contributed by atoms with van der Waals surface area (Å²) in [7, 11) is 0. The van der Waals surface area contributed by atoms with Crippen LogP contribution in [-0.2, 0) is 13.0 Å². The van der Waals surface area contributed by atoms with Gasteiger partial charge in [0, 0.05) is 18.5 Å². The Labute approximate surface area is 116 Å². The molecule has 19 heavy (non-hydrogen) atoms. The van der Waals surface area contributed by atoms with Crippen molar-refractivity contribution in [2.45, 2.75) is 13.0 Å². The van der Waals surface area contributed by atoms with Crippen LogP contribution in [0, 0.1) is 5.82 Å². The van der Waals surface area contributed by atoms with E-state index in [1.807, 2.05) is 0 Å². The Bertz CT molecular complexity index is 596. The van der Waals surface area contributed by atoms with Gasteiger partial charge in [0.2, 0.25) is 0 Å². The first kappa shape index (κ1) is 13.7. The van der Waals surface area contributed by atoms with Crippen LogP contribution in [0.25, 0.3) is 0 Å². The third-order valence-electron chi connectivity index (χ3n) is 2.89. The van der Waals surface area contributed by atoms with Crippen LogP contribution in [0.4, 0.5) is 4.39 Å². The zero-order chi connectivity index (χ0) is 13.8. The van der Waals surface area contributed by atoms with Crippen molar-refractivity contribution in [1.29, 1.82) is 0 Å². The molecule has 0 aliphatic heterocycles. The van der Waals surface area contributed by atoms with Gasteiger partial charge >= 0.3 is 0 Å². The predicted octanol–water partition coefficient (Wildman–Crippen LogP) is 3.36. The Kier molecular flexibility index (Phi) is 4.30. The second kappa shape index (κ2) is 5.95. The third-order valence-corrected chi connectivity index (χ3v) is 3.32. The van der Waals surface area contributed by atoms with Gasteiger partial charge in [0.15, 0.2) is 5.78 Å². The first-order valence-electron chi connectivity index (χ1n) is 5.87. The van der Waals surface area contributed by atoms with Gasteiger partial charge in [0.05, 0.1) is 5.02 Å². The van der Waals surface area contributed by atoms with Gasteiger partial charge in [-0.3, -0.25) is 4.79 Å². The van der Waals surface area contributed by atoms with Gasteiger partial charge in [0.25, 0.3) is 0 Å². The SMILES string of the molecule is NCc1ccc(C(=O)Cc2cccc(F)c2Cl)cc1. The Balaban J connectivity index is 2.18. The van der Waals surface area contributed by atoms with Gasteiger partial charge in [-0.1, -0.05) is 48.0 Å². The summed E-state index contributed by atoms with van der Waals surface area (Å²) in [4.78, 5) is 12.1. The van der Waals surface area contributed by atoms with Crippen LogP contribution < -0.4 is 5.73 Å². The van der Waals surface area contributed by atoms with Crippen LogP contribution in [0.3, 0.4) is 0 Å². The summed E-state index contributed by atoms with van der Waals surface area (Å²) >= 11 is 5.83. The fourth-order valence-corrected chi connectivity index (χ4v) is 1.98. The molecule has 2 rings (SSSR count). The molecule has 2 N–H and O–H groups in total. The van der Waals surface area contributed by atoms with E-state index >= 15 is 0 Å². The van der Waals surface area contributed by atoms with Crippen LogP contribution in [0.1, 0.15) is 21.5 Å². The highest BCUT2D eigenvalue weighted by atomic mass is 35.5. The summed E-state index contributed by atoms with van der Waals surface area (Å²) in [5, 5.41) is 0.00873. The molecule has 0 fully saturated rings. The molecule has 0 aromatic heterocycles. The molecule has 0 aliphatic rings. The Hall–Kier alpha value is -1.71. The van der Waals surface area contributed by atoms with Gasteiger partial charge in [-0.2, -0.15) is 0 Å². The normalized spacial score (nSPS) is 10.5. The van der Waals surface area contributed by atoms with Crippen molar-refractivity contribution in [3.8, 4) is 0 Å². The molecule has 2 aromatic carbocycles. The van der Waals surface area contributed by atoms with E-state index in [9.17, 15) is 9.18 Å². The van der Waals surface area contributed by atoms with Crippen molar-refractivity contribution in [1.82, 2.24) is 0 Å². The van der Waals surface area contributed by atoms with E-state index < -0.39 is 5.82 Å². The number of hydrogen-bond donors (Lipinski definition) is 1. The number of benzene rings is 2. The maximum atomic E-state index is 13.3. The molecular weight excluding hydrogens is 265 g/mol. The molecule has 0 aliphatic carbocycles. The van der Waals surface area contributed by atoms with E-state index in [2.05, 4.69) is 0 Å². The summed E-state index contributed by atoms with van der Waals surface area (Å²) in [6.07, 6.45) is 0.0819. The minimum Gasteiger partial charge on any atom is -0.326 e. The molecular formula is C15H13ClFNO. The summed E-state index contributed by atoms with van der Waals surface area (Å²) in [6, 6.07) is 11.5. The third kappa shape index (κ3) is 3.19. The topological polar surface area (TPSA) is 43.1 Å². The molecule has 0 saturated heterocycles. The van der Waals surface area contributed by atoms with Crippen molar-refractivity contribution in [2.75, 3.05) is 0 Å². The molecule has 0 bridgehead atoms. The molecule has 0 spiro atoms. The standard InChI is InChI=1S/C15H13ClFNO/c16-15-12(2-1-3-13(15)17)8-14(19)11-6-4-10(9-18)5-7-11/h1-7H,8-9,18H2. The first-order chi connectivity index (χ1) is 9.11. The van der Waals surface area contributed by atoms with Crippen LogP contribution in [0.2, 0.25) is 5.02 Å². The zero-order valence-electron chi connectivity index (χ0n) is 10.2. The second-order valence-electron chi connectivity index (χ2n) is 4.21. The number of Topliss-reactive ketones (excluding diaryl/α,β-unsaturated/α-hetero) is 1. The highest BCUT2D eigenvalue weighted by molar-refractivity contribution is 6.31. The van der Waals surface area contributed by atoms with Gasteiger partial charge in [-0.25, -0.2) is 4.39 Å². The average Bonchev–Trinajstić information content (AvgIpc) is 2.44.